The number of carbonyl (C=O) groups is 3. The monoisotopic (exact) mass is 904 g/mol. The number of anilines is 2. The molecule has 0 bridgehead atoms. The van der Waals surface area contributed by atoms with E-state index in [9.17, 15) is 28.0 Å². The second-order valence-corrected chi connectivity index (χ2v) is 18.8. The molecule has 1 aliphatic heterocycles. The standard InChI is InChI=1S/C49H58F2N10O5/c1-57(28-33-18-22-59(23-19-33)21-4-3-6-34-7-5-8-41-45(34)58(2)49(65)61(41)40-16-15-37(62)25-42(40)63)27-32-11-13-36(14-12-32)60-29-38(44(56-60)46(50)51)54-47(64)39-30-66-48(55-39)35-17-20-52-43(24-35)53-26-31-9-10-31/h5,7-8,17,20,24,29-33,36,40,46H,4,9-16,18-19,21-23,25-28H2,1-2H3,(H,52,53)(H,54,64). The van der Waals surface area contributed by atoms with Crippen LogP contribution in [0.1, 0.15) is 117 Å². The van der Waals surface area contributed by atoms with Crippen molar-refractivity contribution >= 4 is 40.0 Å². The van der Waals surface area contributed by atoms with Gasteiger partial charge < -0.3 is 24.9 Å². The minimum atomic E-state index is -2.86. The second-order valence-electron chi connectivity index (χ2n) is 18.8. The Morgan fingerprint density at radius 1 is 0.985 bits per heavy atom. The number of hydrogen-bond acceptors (Lipinski definition) is 11. The van der Waals surface area contributed by atoms with Crippen molar-refractivity contribution in [1.29, 1.82) is 0 Å². The van der Waals surface area contributed by atoms with Crippen LogP contribution in [-0.2, 0) is 16.6 Å². The van der Waals surface area contributed by atoms with Crippen molar-refractivity contribution in [3.63, 3.8) is 0 Å². The zero-order chi connectivity index (χ0) is 45.9. The highest BCUT2D eigenvalue weighted by Gasteiger charge is 2.32. The van der Waals surface area contributed by atoms with Crippen LogP contribution in [0.5, 0.6) is 0 Å². The van der Waals surface area contributed by atoms with Gasteiger partial charge in [0, 0.05) is 64.0 Å². The van der Waals surface area contributed by atoms with E-state index in [4.69, 9.17) is 4.42 Å². The molecular weight excluding hydrogens is 847 g/mol. The lowest BCUT2D eigenvalue weighted by atomic mass is 9.85. The van der Waals surface area contributed by atoms with Crippen LogP contribution in [0.25, 0.3) is 22.5 Å². The number of piperidine rings is 1. The molecule has 0 radical (unpaired) electrons. The molecule has 348 valence electrons. The van der Waals surface area contributed by atoms with Gasteiger partial charge in [-0.15, -0.1) is 0 Å². The number of oxazole rings is 1. The van der Waals surface area contributed by atoms with Crippen LogP contribution in [0.3, 0.4) is 0 Å². The van der Waals surface area contributed by atoms with E-state index in [2.05, 4.69) is 54.4 Å². The summed E-state index contributed by atoms with van der Waals surface area (Å²) < 4.78 is 38.7. The van der Waals surface area contributed by atoms with Gasteiger partial charge in [0.25, 0.3) is 12.3 Å². The number of Topliss-reactive ketones (excluding diaryl/α,β-unsaturated/α-hetero) is 2. The Balaban J connectivity index is 0.709. The number of pyridine rings is 1. The van der Waals surface area contributed by atoms with Crippen LogP contribution >= 0.6 is 0 Å². The average molecular weight is 905 g/mol. The molecule has 5 heterocycles. The topological polar surface area (TPSA) is 165 Å². The largest absolute Gasteiger partial charge is 0.444 e. The Kier molecular flexibility index (Phi) is 13.6. The average Bonchev–Trinajstić information content (AvgIpc) is 3.71. The van der Waals surface area contributed by atoms with Gasteiger partial charge in [-0.05, 0) is 120 Å². The first-order valence-corrected chi connectivity index (χ1v) is 23.5. The van der Waals surface area contributed by atoms with Gasteiger partial charge in [0.2, 0.25) is 5.89 Å². The Morgan fingerprint density at radius 3 is 2.48 bits per heavy atom. The lowest BCUT2D eigenvalue weighted by molar-refractivity contribution is -0.132. The van der Waals surface area contributed by atoms with Crippen molar-refractivity contribution in [3.05, 3.63) is 76.4 Å². The van der Waals surface area contributed by atoms with E-state index in [1.807, 2.05) is 18.2 Å². The van der Waals surface area contributed by atoms with Crippen LogP contribution < -0.4 is 16.3 Å². The molecule has 1 atom stereocenters. The summed E-state index contributed by atoms with van der Waals surface area (Å²) in [6, 6.07) is 8.51. The van der Waals surface area contributed by atoms with Gasteiger partial charge in [-0.3, -0.25) is 28.2 Å². The number of nitrogens with one attached hydrogen (secondary N) is 2. The van der Waals surface area contributed by atoms with Crippen molar-refractivity contribution in [3.8, 4) is 23.3 Å². The van der Waals surface area contributed by atoms with Gasteiger partial charge in [0.1, 0.15) is 17.9 Å². The zero-order valence-corrected chi connectivity index (χ0v) is 37.7. The maximum atomic E-state index is 14.2. The maximum absolute atomic E-state index is 14.2. The van der Waals surface area contributed by atoms with Gasteiger partial charge >= 0.3 is 5.69 Å². The normalized spacial score (nSPS) is 20.8. The van der Waals surface area contributed by atoms with Gasteiger partial charge in [0.05, 0.1) is 40.8 Å². The Labute approximate surface area is 382 Å². The summed E-state index contributed by atoms with van der Waals surface area (Å²) in [5, 5.41) is 10.2. The van der Waals surface area contributed by atoms with Gasteiger partial charge in [0.15, 0.2) is 17.2 Å². The Bertz CT molecular complexity index is 2690. The van der Waals surface area contributed by atoms with E-state index in [1.165, 1.54) is 25.3 Å². The second kappa shape index (κ2) is 19.9. The highest BCUT2D eigenvalue weighted by molar-refractivity contribution is 6.04. The van der Waals surface area contributed by atoms with Crippen LogP contribution in [-0.4, -0.2) is 102 Å². The number of aryl methyl sites for hydroxylation is 1. The number of aromatic nitrogens is 6. The summed E-state index contributed by atoms with van der Waals surface area (Å²) in [5.74, 6) is 8.41. The van der Waals surface area contributed by atoms with E-state index in [0.29, 0.717) is 59.4 Å². The maximum Gasteiger partial charge on any atom is 0.329 e. The van der Waals surface area contributed by atoms with Gasteiger partial charge in [-0.25, -0.2) is 23.5 Å². The van der Waals surface area contributed by atoms with Crippen LogP contribution in [0.15, 0.2) is 58.2 Å². The number of fused-ring (bicyclic) bond motifs is 1. The molecule has 1 unspecified atom stereocenters. The molecule has 1 amide bonds. The fourth-order valence-corrected chi connectivity index (χ4v) is 10.1. The Hall–Kier alpha value is -5.99. The molecule has 2 N–H and O–H groups in total. The number of ketones is 2. The van der Waals surface area contributed by atoms with E-state index < -0.39 is 24.1 Å². The first-order valence-electron chi connectivity index (χ1n) is 23.5. The minimum Gasteiger partial charge on any atom is -0.444 e. The number of nitrogens with zero attached hydrogens (tertiary/aromatic N) is 8. The number of carbonyl (C=O) groups excluding carboxylic acids is 3. The molecule has 15 nitrogen and oxygen atoms in total. The summed E-state index contributed by atoms with van der Waals surface area (Å²) in [7, 11) is 3.91. The first-order chi connectivity index (χ1) is 32.0. The van der Waals surface area contributed by atoms with Crippen molar-refractivity contribution in [2.45, 2.75) is 95.6 Å². The number of benzene rings is 1. The van der Waals surface area contributed by atoms with Gasteiger partial charge in [-0.1, -0.05) is 17.9 Å². The molecule has 5 aromatic rings. The molecule has 66 heavy (non-hydrogen) atoms. The highest BCUT2D eigenvalue weighted by Crippen LogP contribution is 2.36. The molecule has 17 heteroatoms. The predicted molar refractivity (Wildman–Crippen MR) is 245 cm³/mol. The van der Waals surface area contributed by atoms with E-state index in [1.54, 1.807) is 39.2 Å². The summed E-state index contributed by atoms with van der Waals surface area (Å²) in [6.45, 7) is 5.78. The summed E-state index contributed by atoms with van der Waals surface area (Å²) in [6.07, 6.45) is 11.0. The third-order valence-corrected chi connectivity index (χ3v) is 13.9. The molecule has 0 spiro atoms. The molecule has 4 aromatic heterocycles. The summed E-state index contributed by atoms with van der Waals surface area (Å²) >= 11 is 0. The van der Waals surface area contributed by atoms with Gasteiger partial charge in [-0.2, -0.15) is 5.10 Å². The molecule has 4 fully saturated rings. The molecule has 9 rings (SSSR count). The SMILES string of the molecule is CN(CC1CCC(n2cc(NC(=O)c3coc(-c4ccnc(NCC5CC5)c4)n3)c(C(F)F)n2)CC1)CC1CCN(CCC#Cc2cccc3c2n(C)c(=O)n3C2CCC(=O)CC2=O)CC1. The summed E-state index contributed by atoms with van der Waals surface area (Å²) in [4.78, 5) is 64.6. The molecule has 1 aromatic carbocycles. The zero-order valence-electron chi connectivity index (χ0n) is 37.7. The van der Waals surface area contributed by atoms with Crippen LogP contribution in [0, 0.1) is 29.6 Å². The molecular formula is C49H58F2N10O5. The van der Waals surface area contributed by atoms with E-state index >= 15 is 0 Å². The predicted octanol–water partition coefficient (Wildman–Crippen LogP) is 7.28. The first kappa shape index (κ1) is 45.2. The number of rotatable bonds is 15. The minimum absolute atomic E-state index is 0.0228. The fraction of sp³-hybridized carbons (Fsp3) is 0.531. The lowest BCUT2D eigenvalue weighted by Gasteiger charge is -2.35. The van der Waals surface area contributed by atoms with Crippen LogP contribution in [0.2, 0.25) is 0 Å². The highest BCUT2D eigenvalue weighted by atomic mass is 19.3. The lowest BCUT2D eigenvalue weighted by Crippen LogP contribution is -2.39. The molecule has 1 saturated heterocycles. The van der Waals surface area contributed by atoms with Crippen molar-refractivity contribution < 1.29 is 27.6 Å². The number of para-hydroxylation sites is 1. The fourth-order valence-electron chi connectivity index (χ4n) is 10.1. The Morgan fingerprint density at radius 2 is 1.74 bits per heavy atom. The van der Waals surface area contributed by atoms with Crippen molar-refractivity contribution in [2.75, 3.05) is 56.9 Å². The van der Waals surface area contributed by atoms with Crippen LogP contribution in [0.4, 0.5) is 20.3 Å². The van der Waals surface area contributed by atoms with E-state index in [-0.39, 0.29) is 47.0 Å². The number of imidazole rings is 1. The number of amides is 1. The number of likely N-dealkylation sites (tertiary alicyclic amines) is 1. The third kappa shape index (κ3) is 10.3. The smallest absolute Gasteiger partial charge is 0.329 e. The van der Waals surface area contributed by atoms with Crippen molar-refractivity contribution in [1.82, 2.24) is 38.7 Å². The van der Waals surface area contributed by atoms with Crippen molar-refractivity contribution in [2.24, 2.45) is 24.8 Å². The number of halogens is 2. The number of hydrogen-bond donors (Lipinski definition) is 2. The number of alkyl halides is 2. The van der Waals surface area contributed by atoms with E-state index in [0.717, 1.165) is 83.4 Å². The quantitative estimate of drug-likeness (QED) is 0.0802. The molecule has 4 aliphatic rings. The third-order valence-electron chi connectivity index (χ3n) is 13.9. The summed E-state index contributed by atoms with van der Waals surface area (Å²) in [5.41, 5.74) is 2.01. The molecule has 3 aliphatic carbocycles. The molecule has 3 saturated carbocycles.